The lowest BCUT2D eigenvalue weighted by Gasteiger charge is -2.39. The van der Waals surface area contributed by atoms with Gasteiger partial charge in [0.25, 0.3) is 0 Å². The zero-order chi connectivity index (χ0) is 43.7. The molecule has 3 aromatic rings. The minimum absolute atomic E-state index is 0.220. The second kappa shape index (κ2) is 29.1. The van der Waals surface area contributed by atoms with Crippen molar-refractivity contribution in [2.24, 2.45) is 11.3 Å². The highest BCUT2D eigenvalue weighted by Gasteiger charge is 2.29. The topological polar surface area (TPSA) is 27.5 Å². The Balaban J connectivity index is 0.00000226. The van der Waals surface area contributed by atoms with Crippen LogP contribution < -0.4 is 0 Å². The second-order valence-corrected chi connectivity index (χ2v) is 16.7. The van der Waals surface area contributed by atoms with Crippen LogP contribution in [-0.4, -0.2) is 76.8 Å². The van der Waals surface area contributed by atoms with Crippen LogP contribution in [0, 0.1) is 25.2 Å². The summed E-state index contributed by atoms with van der Waals surface area (Å²) in [7, 11) is 2.34. The van der Waals surface area contributed by atoms with Gasteiger partial charge in [-0.15, -0.1) is 0 Å². The summed E-state index contributed by atoms with van der Waals surface area (Å²) >= 11 is 0. The molecule has 0 amide bonds. The molecule has 328 valence electrons. The number of rotatable bonds is 19. The van der Waals surface area contributed by atoms with E-state index in [1.165, 1.54) is 97.4 Å². The maximum Gasteiger partial charge on any atom is 0.131 e. The Labute approximate surface area is 360 Å². The van der Waals surface area contributed by atoms with Crippen molar-refractivity contribution in [3.63, 3.8) is 0 Å². The number of aryl methyl sites for hydroxylation is 2. The zero-order valence-electron chi connectivity index (χ0n) is 40.8. The summed E-state index contributed by atoms with van der Waals surface area (Å²) < 4.78 is 2.22. The van der Waals surface area contributed by atoms with E-state index in [9.17, 15) is 0 Å². The van der Waals surface area contributed by atoms with Crippen LogP contribution in [0.2, 0.25) is 0 Å². The molecule has 5 heteroatoms. The molecule has 1 saturated heterocycles. The number of benzene rings is 2. The van der Waals surface area contributed by atoms with Gasteiger partial charge in [-0.05, 0) is 113 Å². The molecule has 0 bridgehead atoms. The molecular formula is C53H91N5. The van der Waals surface area contributed by atoms with E-state index in [4.69, 9.17) is 5.10 Å². The van der Waals surface area contributed by atoms with Crippen molar-refractivity contribution in [1.82, 2.24) is 24.5 Å². The number of hydrogen-bond donors (Lipinski definition) is 0. The fraction of sp³-hybridized carbons (Fsp3) is 0.642. The third-order valence-electron chi connectivity index (χ3n) is 11.9. The van der Waals surface area contributed by atoms with Crippen molar-refractivity contribution in [2.75, 3.05) is 46.3 Å². The predicted molar refractivity (Wildman–Crippen MR) is 261 cm³/mol. The molecule has 0 radical (unpaired) electrons. The van der Waals surface area contributed by atoms with Crippen LogP contribution >= 0.6 is 0 Å². The molecule has 0 saturated carbocycles. The van der Waals surface area contributed by atoms with Gasteiger partial charge in [0.05, 0.1) is 11.4 Å². The average molecular weight is 798 g/mol. The molecule has 2 heterocycles. The summed E-state index contributed by atoms with van der Waals surface area (Å²) in [5.74, 6) is 2.03. The SMILES string of the molecule is C/C=C(/C=C(/N1CCN(CCC)CC1)n1nc(C)c(-c2ccccc2)c1C)c1cccc(CCC(C)(C)C(C)N(C)CCC(CC)CCCC)c1.CC.CC.CCC. The van der Waals surface area contributed by atoms with E-state index >= 15 is 0 Å². The van der Waals surface area contributed by atoms with Gasteiger partial charge in [-0.2, -0.15) is 5.10 Å². The van der Waals surface area contributed by atoms with Crippen molar-refractivity contribution in [1.29, 1.82) is 0 Å². The molecule has 2 atom stereocenters. The molecule has 1 aliphatic heterocycles. The van der Waals surface area contributed by atoms with Crippen molar-refractivity contribution >= 4 is 11.4 Å². The summed E-state index contributed by atoms with van der Waals surface area (Å²) in [6.45, 7) is 39.7. The first kappa shape index (κ1) is 52.9. The molecule has 0 N–H and O–H groups in total. The van der Waals surface area contributed by atoms with Gasteiger partial charge in [0, 0.05) is 37.8 Å². The maximum absolute atomic E-state index is 5.21. The third-order valence-corrected chi connectivity index (χ3v) is 11.9. The Hall–Kier alpha value is -3.15. The van der Waals surface area contributed by atoms with Gasteiger partial charge >= 0.3 is 0 Å². The van der Waals surface area contributed by atoms with E-state index in [1.54, 1.807) is 0 Å². The van der Waals surface area contributed by atoms with Crippen LogP contribution in [0.1, 0.15) is 164 Å². The lowest BCUT2D eigenvalue weighted by molar-refractivity contribution is 0.110. The Morgan fingerprint density at radius 1 is 0.862 bits per heavy atom. The molecule has 4 rings (SSSR count). The molecule has 5 nitrogen and oxygen atoms in total. The molecule has 1 fully saturated rings. The maximum atomic E-state index is 5.21. The molecule has 2 unspecified atom stereocenters. The molecule has 1 aromatic heterocycles. The lowest BCUT2D eigenvalue weighted by atomic mass is 9.79. The van der Waals surface area contributed by atoms with E-state index < -0.39 is 0 Å². The van der Waals surface area contributed by atoms with Crippen LogP contribution in [0.4, 0.5) is 0 Å². The number of hydrogen-bond acceptors (Lipinski definition) is 4. The van der Waals surface area contributed by atoms with Crippen LogP contribution in [0.3, 0.4) is 0 Å². The number of aromatic nitrogens is 2. The number of allylic oxidation sites excluding steroid dienone is 3. The quantitative estimate of drug-likeness (QED) is 0.113. The minimum atomic E-state index is 0.220. The van der Waals surface area contributed by atoms with Crippen LogP contribution in [0.5, 0.6) is 0 Å². The smallest absolute Gasteiger partial charge is 0.131 e. The number of piperazine rings is 1. The van der Waals surface area contributed by atoms with Crippen LogP contribution in [-0.2, 0) is 6.42 Å². The van der Waals surface area contributed by atoms with Crippen molar-refractivity contribution in [2.45, 2.75) is 168 Å². The van der Waals surface area contributed by atoms with E-state index in [0.29, 0.717) is 6.04 Å². The highest BCUT2D eigenvalue weighted by Crippen LogP contribution is 2.33. The van der Waals surface area contributed by atoms with E-state index in [1.807, 2.05) is 27.7 Å². The molecule has 2 aromatic carbocycles. The highest BCUT2D eigenvalue weighted by atomic mass is 15.4. The summed E-state index contributed by atoms with van der Waals surface area (Å²) in [5.41, 5.74) is 8.89. The summed E-state index contributed by atoms with van der Waals surface area (Å²) in [6, 6.07) is 20.6. The monoisotopic (exact) mass is 798 g/mol. The second-order valence-electron chi connectivity index (χ2n) is 16.7. The van der Waals surface area contributed by atoms with Gasteiger partial charge in [-0.25, -0.2) is 4.68 Å². The normalized spacial score (nSPS) is 14.8. The fourth-order valence-electron chi connectivity index (χ4n) is 7.97. The van der Waals surface area contributed by atoms with Crippen LogP contribution in [0.15, 0.2) is 66.7 Å². The van der Waals surface area contributed by atoms with Crippen molar-refractivity contribution < 1.29 is 0 Å². The van der Waals surface area contributed by atoms with Gasteiger partial charge < -0.3 is 9.80 Å². The first-order chi connectivity index (χ1) is 27.9. The standard InChI is InChI=1S/C46H71N5.C3H8.2C2H6/c1-11-15-20-39(13-3)26-29-48(10)38(7)46(8,9)27-25-40-21-19-24-43(34-40)41(14-4)35-44(50-32-30-49(28-12-2)31-33-50)51-37(6)45(36(5)47-51)42-22-17-16-18-23-42;1-3-2;2*1-2/h14,16-19,21-24,34-35,38-39H,11-13,15,20,25-33H2,1-10H3;3H2,1-2H3;2*1-2H3/b41-14-,44-35-;;;. The van der Waals surface area contributed by atoms with Crippen molar-refractivity contribution in [3.05, 3.63) is 89.3 Å². The fourth-order valence-corrected chi connectivity index (χ4v) is 7.97. The van der Waals surface area contributed by atoms with Crippen LogP contribution in [0.25, 0.3) is 22.5 Å². The molecular weight excluding hydrogens is 707 g/mol. The minimum Gasteiger partial charge on any atom is -0.354 e. The van der Waals surface area contributed by atoms with Gasteiger partial charge in [0.2, 0.25) is 0 Å². The third kappa shape index (κ3) is 16.5. The zero-order valence-corrected chi connectivity index (χ0v) is 40.8. The first-order valence-corrected chi connectivity index (χ1v) is 23.7. The summed E-state index contributed by atoms with van der Waals surface area (Å²) in [5, 5.41) is 5.21. The van der Waals surface area contributed by atoms with Gasteiger partial charge in [0.1, 0.15) is 5.82 Å². The predicted octanol–water partition coefficient (Wildman–Crippen LogP) is 14.5. The lowest BCUT2D eigenvalue weighted by Crippen LogP contribution is -2.46. The Morgan fingerprint density at radius 2 is 1.50 bits per heavy atom. The highest BCUT2D eigenvalue weighted by molar-refractivity contribution is 5.80. The summed E-state index contributed by atoms with van der Waals surface area (Å²) in [4.78, 5) is 7.78. The molecule has 58 heavy (non-hydrogen) atoms. The first-order valence-electron chi connectivity index (χ1n) is 23.7. The van der Waals surface area contributed by atoms with E-state index in [-0.39, 0.29) is 5.41 Å². The number of unbranched alkanes of at least 4 members (excludes halogenated alkanes) is 1. The van der Waals surface area contributed by atoms with Crippen molar-refractivity contribution in [3.8, 4) is 11.1 Å². The Morgan fingerprint density at radius 3 is 2.07 bits per heavy atom. The largest absolute Gasteiger partial charge is 0.354 e. The molecule has 0 spiro atoms. The molecule has 0 aliphatic carbocycles. The van der Waals surface area contributed by atoms with E-state index in [2.05, 4.69) is 169 Å². The van der Waals surface area contributed by atoms with Gasteiger partial charge in [-0.3, -0.25) is 4.90 Å². The van der Waals surface area contributed by atoms with Gasteiger partial charge in [0.15, 0.2) is 0 Å². The molecule has 1 aliphatic rings. The van der Waals surface area contributed by atoms with E-state index in [0.717, 1.165) is 50.6 Å². The van der Waals surface area contributed by atoms with Gasteiger partial charge in [-0.1, -0.05) is 169 Å². The Bertz CT molecular complexity index is 1560. The Kier molecular flexibility index (Phi) is 26.6. The summed E-state index contributed by atoms with van der Waals surface area (Å²) in [6.07, 6.45) is 16.0. The number of nitrogens with zero attached hydrogens (tertiary/aromatic N) is 5. The average Bonchev–Trinajstić information content (AvgIpc) is 3.55.